The highest BCUT2D eigenvalue weighted by Gasteiger charge is 2.60. The zero-order valence-electron chi connectivity index (χ0n) is 13.8. The van der Waals surface area contributed by atoms with Crippen molar-refractivity contribution in [2.75, 3.05) is 19.3 Å². The van der Waals surface area contributed by atoms with Crippen molar-refractivity contribution in [1.82, 2.24) is 4.90 Å². The molecule has 0 aromatic carbocycles. The van der Waals surface area contributed by atoms with Crippen LogP contribution in [-0.4, -0.2) is 43.1 Å². The summed E-state index contributed by atoms with van der Waals surface area (Å²) in [7, 11) is -12.2. The molecule has 0 aromatic rings. The van der Waals surface area contributed by atoms with Crippen LogP contribution in [0.5, 0.6) is 0 Å². The summed E-state index contributed by atoms with van der Waals surface area (Å²) in [6.45, 7) is -0.115. The molecule has 0 aliphatic heterocycles. The van der Waals surface area contributed by atoms with Crippen LogP contribution in [-0.2, 0) is 14.9 Å². The molecule has 0 saturated carbocycles. The standard InChI is InChI=1S/C13H24F5NO4S2/c1-19(10-11-24(21,22)23)13(20)9-7-5-3-2-4-6-8-12-25(14,15,16,17)18/h8,12H,2-7,9-11H2,1H3,(H,21,22,23)/b12-8+. The summed E-state index contributed by atoms with van der Waals surface area (Å²) >= 11 is 0. The van der Waals surface area contributed by atoms with E-state index in [0.29, 0.717) is 38.2 Å². The summed E-state index contributed by atoms with van der Waals surface area (Å²) < 4.78 is 89.6. The number of allylic oxidation sites excluding steroid dienone is 1. The van der Waals surface area contributed by atoms with Crippen LogP contribution in [0.2, 0.25) is 0 Å². The lowest BCUT2D eigenvalue weighted by molar-refractivity contribution is -0.129. The second-order valence-corrected chi connectivity index (χ2v) is 9.71. The smallest absolute Gasteiger partial charge is 0.304 e. The van der Waals surface area contributed by atoms with Gasteiger partial charge in [-0.15, -0.1) is 0 Å². The summed E-state index contributed by atoms with van der Waals surface area (Å²) in [6.07, 6.45) is 3.24. The van der Waals surface area contributed by atoms with Gasteiger partial charge in [0.15, 0.2) is 0 Å². The highest BCUT2D eigenvalue weighted by Crippen LogP contribution is 2.98. The Labute approximate surface area is 144 Å². The number of hydrogen-bond acceptors (Lipinski definition) is 3. The molecular weight excluding hydrogens is 393 g/mol. The minimum Gasteiger partial charge on any atom is -0.345 e. The normalized spacial score (nSPS) is 15.8. The van der Waals surface area contributed by atoms with Gasteiger partial charge in [-0.25, -0.2) is 0 Å². The van der Waals surface area contributed by atoms with Gasteiger partial charge in [-0.05, 0) is 19.3 Å². The van der Waals surface area contributed by atoms with Crippen molar-refractivity contribution in [1.29, 1.82) is 0 Å². The first kappa shape index (κ1) is 24.1. The van der Waals surface area contributed by atoms with Crippen molar-refractivity contribution in [2.45, 2.75) is 44.9 Å². The number of unbranched alkanes of at least 4 members (excludes halogenated alkanes) is 5. The summed E-state index contributed by atoms with van der Waals surface area (Å²) in [5, 5.41) is -0.929. The minimum absolute atomic E-state index is 0.0943. The van der Waals surface area contributed by atoms with E-state index in [1.807, 2.05) is 0 Å². The Balaban J connectivity index is 3.77. The Morgan fingerprint density at radius 3 is 2.08 bits per heavy atom. The molecule has 0 bridgehead atoms. The fourth-order valence-electron chi connectivity index (χ4n) is 1.89. The number of halogens is 5. The molecule has 0 fully saturated rings. The second-order valence-electron chi connectivity index (χ2n) is 5.81. The van der Waals surface area contributed by atoms with Crippen molar-refractivity contribution in [3.8, 4) is 0 Å². The number of rotatable bonds is 12. The number of carbonyl (C=O) groups is 1. The van der Waals surface area contributed by atoms with Crippen LogP contribution in [0.4, 0.5) is 19.4 Å². The SMILES string of the molecule is CN(CCS(=O)(=O)O)C(=O)CCCCCCC/C=C/S(F)(F)(F)(F)F. The van der Waals surface area contributed by atoms with E-state index in [0.717, 1.165) is 0 Å². The molecule has 0 rings (SSSR count). The third-order valence-corrected chi connectivity index (χ3v) is 4.63. The highest BCUT2D eigenvalue weighted by molar-refractivity contribution is 8.48. The Hall–Kier alpha value is -0.880. The van der Waals surface area contributed by atoms with Gasteiger partial charge in [0, 0.05) is 20.0 Å². The van der Waals surface area contributed by atoms with Gasteiger partial charge in [0.2, 0.25) is 5.91 Å². The lowest BCUT2D eigenvalue weighted by Gasteiger charge is -2.36. The van der Waals surface area contributed by atoms with Crippen molar-refractivity contribution in [3.05, 3.63) is 11.5 Å². The topological polar surface area (TPSA) is 74.7 Å². The lowest BCUT2D eigenvalue weighted by atomic mass is 10.1. The van der Waals surface area contributed by atoms with Gasteiger partial charge in [0.1, 0.15) is 0 Å². The number of amides is 1. The van der Waals surface area contributed by atoms with Crippen LogP contribution in [0.15, 0.2) is 11.5 Å². The van der Waals surface area contributed by atoms with Gasteiger partial charge in [-0.2, -0.15) is 8.42 Å². The second kappa shape index (κ2) is 8.21. The largest absolute Gasteiger partial charge is 0.345 e. The predicted octanol–water partition coefficient (Wildman–Crippen LogP) is 4.88. The summed E-state index contributed by atoms with van der Waals surface area (Å²) in [5.74, 6) is -0.815. The average molecular weight is 417 g/mol. The van der Waals surface area contributed by atoms with Gasteiger partial charge in [0.25, 0.3) is 10.1 Å². The molecule has 0 aliphatic rings. The van der Waals surface area contributed by atoms with Crippen LogP contribution in [0.1, 0.15) is 44.9 Å². The molecule has 1 amide bonds. The van der Waals surface area contributed by atoms with Crippen molar-refractivity contribution in [3.63, 3.8) is 0 Å². The monoisotopic (exact) mass is 417 g/mol. The quantitative estimate of drug-likeness (QED) is 0.279. The van der Waals surface area contributed by atoms with E-state index >= 15 is 0 Å². The lowest BCUT2D eigenvalue weighted by Crippen LogP contribution is -2.31. The summed E-state index contributed by atoms with van der Waals surface area (Å²) in [4.78, 5) is 12.8. The Bertz CT molecular complexity index is 575. The molecule has 1 N–H and O–H groups in total. The van der Waals surface area contributed by atoms with Crippen LogP contribution < -0.4 is 0 Å². The maximum Gasteiger partial charge on any atom is 0.304 e. The van der Waals surface area contributed by atoms with E-state index in [1.165, 1.54) is 11.9 Å². The highest BCUT2D eigenvalue weighted by atomic mass is 32.5. The Morgan fingerprint density at radius 2 is 1.56 bits per heavy atom. The first-order chi connectivity index (χ1) is 11.0. The van der Waals surface area contributed by atoms with Crippen molar-refractivity contribution >= 4 is 26.2 Å². The predicted molar refractivity (Wildman–Crippen MR) is 88.6 cm³/mol. The van der Waals surface area contributed by atoms with Crippen LogP contribution in [0, 0.1) is 0 Å². The summed E-state index contributed by atoms with van der Waals surface area (Å²) in [6, 6.07) is 0. The van der Waals surface area contributed by atoms with Crippen molar-refractivity contribution in [2.24, 2.45) is 0 Å². The zero-order chi connectivity index (χ0) is 19.8. The molecule has 0 radical (unpaired) electrons. The fraction of sp³-hybridized carbons (Fsp3) is 0.769. The van der Waals surface area contributed by atoms with E-state index in [2.05, 4.69) is 0 Å². The molecule has 152 valence electrons. The first-order valence-electron chi connectivity index (χ1n) is 7.60. The minimum atomic E-state index is -9.45. The van der Waals surface area contributed by atoms with E-state index in [9.17, 15) is 32.6 Å². The molecular formula is C13H24F5NO4S2. The van der Waals surface area contributed by atoms with Gasteiger partial charge < -0.3 is 4.90 Å². The molecule has 0 saturated heterocycles. The van der Waals surface area contributed by atoms with Crippen LogP contribution >= 0.6 is 10.2 Å². The number of nitrogens with zero attached hydrogens (tertiary/aromatic N) is 1. The molecule has 0 heterocycles. The maximum absolute atomic E-state index is 12.0. The number of hydrogen-bond donors (Lipinski definition) is 1. The zero-order valence-corrected chi connectivity index (χ0v) is 15.5. The van der Waals surface area contributed by atoms with Gasteiger partial charge in [-0.3, -0.25) is 9.35 Å². The molecule has 0 unspecified atom stereocenters. The van der Waals surface area contributed by atoms with Gasteiger partial charge in [-0.1, -0.05) is 44.8 Å². The first-order valence-corrected chi connectivity index (χ1v) is 11.2. The van der Waals surface area contributed by atoms with E-state index in [4.69, 9.17) is 4.55 Å². The molecule has 0 atom stereocenters. The van der Waals surface area contributed by atoms with E-state index in [1.54, 1.807) is 0 Å². The van der Waals surface area contributed by atoms with E-state index < -0.39 is 31.5 Å². The van der Waals surface area contributed by atoms with Crippen LogP contribution in [0.3, 0.4) is 0 Å². The number of carbonyl (C=O) groups excluding carboxylic acids is 1. The van der Waals surface area contributed by atoms with Gasteiger partial charge in [0.05, 0.1) is 11.2 Å². The molecule has 12 heteroatoms. The van der Waals surface area contributed by atoms with E-state index in [-0.39, 0.29) is 25.3 Å². The molecule has 0 aliphatic carbocycles. The maximum atomic E-state index is 12.0. The molecule has 5 nitrogen and oxygen atoms in total. The molecule has 0 spiro atoms. The van der Waals surface area contributed by atoms with Crippen LogP contribution in [0.25, 0.3) is 0 Å². The Morgan fingerprint density at radius 1 is 1.04 bits per heavy atom. The summed E-state index contributed by atoms with van der Waals surface area (Å²) in [5.41, 5.74) is 0. The van der Waals surface area contributed by atoms with Crippen molar-refractivity contribution < 1.29 is 37.2 Å². The average Bonchev–Trinajstić information content (AvgIpc) is 2.39. The molecule has 0 aromatic heterocycles. The third-order valence-electron chi connectivity index (χ3n) is 3.23. The fourth-order valence-corrected chi connectivity index (χ4v) is 2.89. The Kier molecular flexibility index (Phi) is 7.92. The third kappa shape index (κ3) is 17.7. The molecule has 25 heavy (non-hydrogen) atoms. The van der Waals surface area contributed by atoms with Gasteiger partial charge >= 0.3 is 10.2 Å².